The number of hydrogen-bond acceptors (Lipinski definition) is 4. The molecule has 1 N–H and O–H groups in total. The van der Waals surface area contributed by atoms with Gasteiger partial charge in [0.15, 0.2) is 0 Å². The Kier molecular flexibility index (Phi) is 6.40. The van der Waals surface area contributed by atoms with Crippen molar-refractivity contribution in [3.63, 3.8) is 0 Å². The zero-order valence-electron chi connectivity index (χ0n) is 13.4. The topological polar surface area (TPSA) is 52.7 Å². The standard InChI is InChI=1S/C15H25N3O2S2/c1-12(11-22(3)20)16-15(19)18-7-5-17(6-8-18)13(2)14-4-9-21-10-14/h4,9-10,12-13H,5-8,11H2,1-3H3,(H,16,19)/t12-,13+,22+/m1/s1. The molecule has 1 saturated heterocycles. The fourth-order valence-corrected chi connectivity index (χ4v) is 4.27. The SMILES string of the molecule is C[C@H](C[S@](C)=O)NC(=O)N1CCN([C@@H](C)c2ccsc2)CC1. The Bertz CT molecular complexity index is 499. The zero-order valence-corrected chi connectivity index (χ0v) is 15.1. The van der Waals surface area contributed by atoms with Crippen LogP contribution in [0.1, 0.15) is 25.5 Å². The van der Waals surface area contributed by atoms with Crippen molar-refractivity contribution in [3.8, 4) is 0 Å². The van der Waals surface area contributed by atoms with Gasteiger partial charge >= 0.3 is 6.03 Å². The number of rotatable bonds is 5. The van der Waals surface area contributed by atoms with Gasteiger partial charge in [-0.05, 0) is 36.2 Å². The Morgan fingerprint density at radius 2 is 2.05 bits per heavy atom. The molecule has 1 aromatic rings. The molecule has 0 radical (unpaired) electrons. The molecule has 1 fully saturated rings. The molecule has 0 saturated carbocycles. The van der Waals surface area contributed by atoms with Crippen molar-refractivity contribution in [1.82, 2.24) is 15.1 Å². The highest BCUT2D eigenvalue weighted by molar-refractivity contribution is 7.84. The highest BCUT2D eigenvalue weighted by Crippen LogP contribution is 2.23. The quantitative estimate of drug-likeness (QED) is 0.888. The molecule has 1 aliphatic rings. The molecular weight excluding hydrogens is 318 g/mol. The van der Waals surface area contributed by atoms with Crippen LogP contribution in [0.15, 0.2) is 16.8 Å². The van der Waals surface area contributed by atoms with Crippen molar-refractivity contribution in [2.45, 2.75) is 25.9 Å². The van der Waals surface area contributed by atoms with Crippen molar-refractivity contribution in [1.29, 1.82) is 0 Å². The van der Waals surface area contributed by atoms with E-state index in [4.69, 9.17) is 0 Å². The van der Waals surface area contributed by atoms with Crippen molar-refractivity contribution < 1.29 is 9.00 Å². The summed E-state index contributed by atoms with van der Waals surface area (Å²) in [6.45, 7) is 7.37. The molecule has 0 bridgehead atoms. The molecule has 3 atom stereocenters. The van der Waals surface area contributed by atoms with E-state index in [1.54, 1.807) is 17.6 Å². The molecule has 0 aromatic carbocycles. The first-order valence-electron chi connectivity index (χ1n) is 7.59. The second kappa shape index (κ2) is 8.08. The summed E-state index contributed by atoms with van der Waals surface area (Å²) in [6.07, 6.45) is 1.66. The minimum atomic E-state index is -0.887. The predicted octanol–water partition coefficient (Wildman–Crippen LogP) is 1.90. The molecule has 7 heteroatoms. The summed E-state index contributed by atoms with van der Waals surface area (Å²) in [5, 5.41) is 7.23. The summed E-state index contributed by atoms with van der Waals surface area (Å²) in [7, 11) is -0.887. The third-order valence-corrected chi connectivity index (χ3v) is 5.70. The van der Waals surface area contributed by atoms with Crippen LogP contribution in [0.25, 0.3) is 0 Å². The third-order valence-electron chi connectivity index (χ3n) is 4.03. The minimum absolute atomic E-state index is 0.0409. The summed E-state index contributed by atoms with van der Waals surface area (Å²) >= 11 is 1.72. The maximum absolute atomic E-state index is 12.2. The van der Waals surface area contributed by atoms with Gasteiger partial charge in [0.1, 0.15) is 0 Å². The van der Waals surface area contributed by atoms with Gasteiger partial charge in [-0.3, -0.25) is 9.11 Å². The molecule has 5 nitrogen and oxygen atoms in total. The first-order valence-corrected chi connectivity index (χ1v) is 10.3. The van der Waals surface area contributed by atoms with Gasteiger partial charge in [0, 0.05) is 61.1 Å². The summed E-state index contributed by atoms with van der Waals surface area (Å²) in [5.41, 5.74) is 1.35. The molecule has 0 unspecified atom stereocenters. The monoisotopic (exact) mass is 343 g/mol. The van der Waals surface area contributed by atoms with E-state index >= 15 is 0 Å². The van der Waals surface area contributed by atoms with Crippen LogP contribution < -0.4 is 5.32 Å². The number of amides is 2. The average molecular weight is 344 g/mol. The lowest BCUT2D eigenvalue weighted by Crippen LogP contribution is -2.53. The fourth-order valence-electron chi connectivity index (χ4n) is 2.73. The Morgan fingerprint density at radius 1 is 1.36 bits per heavy atom. The molecule has 2 amide bonds. The molecule has 0 spiro atoms. The lowest BCUT2D eigenvalue weighted by molar-refractivity contribution is 0.113. The summed E-state index contributed by atoms with van der Waals surface area (Å²) in [5.74, 6) is 0.501. The lowest BCUT2D eigenvalue weighted by Gasteiger charge is -2.38. The summed E-state index contributed by atoms with van der Waals surface area (Å²) in [4.78, 5) is 16.5. The van der Waals surface area contributed by atoms with E-state index < -0.39 is 10.8 Å². The molecule has 0 aliphatic carbocycles. The molecule has 124 valence electrons. The van der Waals surface area contributed by atoms with E-state index in [2.05, 4.69) is 34.0 Å². The number of piperazine rings is 1. The van der Waals surface area contributed by atoms with Gasteiger partial charge in [-0.1, -0.05) is 0 Å². The largest absolute Gasteiger partial charge is 0.335 e. The molecule has 2 rings (SSSR count). The molecule has 2 heterocycles. The first kappa shape index (κ1) is 17.4. The third kappa shape index (κ3) is 4.79. The van der Waals surface area contributed by atoms with Crippen molar-refractivity contribution in [2.75, 3.05) is 38.2 Å². The number of urea groups is 1. The van der Waals surface area contributed by atoms with E-state index in [-0.39, 0.29) is 12.1 Å². The van der Waals surface area contributed by atoms with Crippen molar-refractivity contribution in [3.05, 3.63) is 22.4 Å². The molecular formula is C15H25N3O2S2. The maximum Gasteiger partial charge on any atom is 0.317 e. The number of hydrogen-bond donors (Lipinski definition) is 1. The van der Waals surface area contributed by atoms with Gasteiger partial charge < -0.3 is 10.2 Å². The highest BCUT2D eigenvalue weighted by atomic mass is 32.2. The van der Waals surface area contributed by atoms with Gasteiger partial charge in [0.25, 0.3) is 0 Å². The van der Waals surface area contributed by atoms with Crippen molar-refractivity contribution in [2.24, 2.45) is 0 Å². The van der Waals surface area contributed by atoms with Crippen LogP contribution in [-0.4, -0.2) is 64.3 Å². The highest BCUT2D eigenvalue weighted by Gasteiger charge is 2.25. The Balaban J connectivity index is 1.79. The van der Waals surface area contributed by atoms with Crippen LogP contribution in [0.2, 0.25) is 0 Å². The first-order chi connectivity index (χ1) is 10.5. The second-order valence-corrected chi connectivity index (χ2v) is 8.11. The number of nitrogens with one attached hydrogen (secondary N) is 1. The van der Waals surface area contributed by atoms with Gasteiger partial charge in [0.2, 0.25) is 0 Å². The van der Waals surface area contributed by atoms with Crippen LogP contribution in [0, 0.1) is 0 Å². The van der Waals surface area contributed by atoms with E-state index in [0.717, 1.165) is 26.2 Å². The fraction of sp³-hybridized carbons (Fsp3) is 0.667. The van der Waals surface area contributed by atoms with Crippen LogP contribution in [0.5, 0.6) is 0 Å². The molecule has 22 heavy (non-hydrogen) atoms. The summed E-state index contributed by atoms with van der Waals surface area (Å²) in [6, 6.07) is 2.47. The van der Waals surface area contributed by atoms with Crippen LogP contribution in [-0.2, 0) is 10.8 Å². The minimum Gasteiger partial charge on any atom is -0.335 e. The number of carbonyl (C=O) groups is 1. The molecule has 1 aliphatic heterocycles. The Labute approximate surface area is 139 Å². The number of carbonyl (C=O) groups excluding carboxylic acids is 1. The van der Waals surface area contributed by atoms with Gasteiger partial charge in [0.05, 0.1) is 0 Å². The van der Waals surface area contributed by atoms with E-state index in [0.29, 0.717) is 11.8 Å². The van der Waals surface area contributed by atoms with Gasteiger partial charge in [-0.15, -0.1) is 0 Å². The second-order valence-electron chi connectivity index (χ2n) is 5.85. The predicted molar refractivity (Wildman–Crippen MR) is 92.8 cm³/mol. The Morgan fingerprint density at radius 3 is 2.59 bits per heavy atom. The van der Waals surface area contributed by atoms with Crippen LogP contribution in [0.4, 0.5) is 4.79 Å². The lowest BCUT2D eigenvalue weighted by atomic mass is 10.1. The van der Waals surface area contributed by atoms with E-state index in [1.807, 2.05) is 11.8 Å². The van der Waals surface area contributed by atoms with Crippen molar-refractivity contribution >= 4 is 28.2 Å². The van der Waals surface area contributed by atoms with Gasteiger partial charge in [-0.2, -0.15) is 11.3 Å². The summed E-state index contributed by atoms with van der Waals surface area (Å²) < 4.78 is 11.2. The normalized spacial score (nSPS) is 20.4. The van der Waals surface area contributed by atoms with E-state index in [1.165, 1.54) is 5.56 Å². The average Bonchev–Trinajstić information content (AvgIpc) is 2.99. The Hall–Kier alpha value is -0.920. The van der Waals surface area contributed by atoms with Crippen LogP contribution >= 0.6 is 11.3 Å². The zero-order chi connectivity index (χ0) is 16.1. The number of thiophene rings is 1. The number of nitrogens with zero attached hydrogens (tertiary/aromatic N) is 2. The smallest absolute Gasteiger partial charge is 0.317 e. The maximum atomic E-state index is 12.2. The molecule has 1 aromatic heterocycles. The van der Waals surface area contributed by atoms with Crippen LogP contribution in [0.3, 0.4) is 0 Å². The van der Waals surface area contributed by atoms with E-state index in [9.17, 15) is 9.00 Å². The van der Waals surface area contributed by atoms with Gasteiger partial charge in [-0.25, -0.2) is 4.79 Å².